The Balaban J connectivity index is 1.39. The topological polar surface area (TPSA) is 80.3 Å². The van der Waals surface area contributed by atoms with Gasteiger partial charge in [-0.3, -0.25) is 9.59 Å². The zero-order chi connectivity index (χ0) is 21.3. The predicted octanol–water partition coefficient (Wildman–Crippen LogP) is 4.21. The van der Waals surface area contributed by atoms with E-state index >= 15 is 0 Å². The van der Waals surface area contributed by atoms with Gasteiger partial charge in [-0.25, -0.2) is 9.37 Å². The van der Waals surface area contributed by atoms with E-state index in [4.69, 9.17) is 4.74 Å². The monoisotopic (exact) mass is 471 g/mol. The Morgan fingerprint density at radius 2 is 1.83 bits per heavy atom. The van der Waals surface area contributed by atoms with E-state index in [0.29, 0.717) is 23.7 Å². The minimum absolute atomic E-state index is 0.163. The number of carbonyl (C=O) groups is 2. The van der Waals surface area contributed by atoms with Gasteiger partial charge in [0, 0.05) is 47.9 Å². The van der Waals surface area contributed by atoms with Gasteiger partial charge in [0.05, 0.1) is 0 Å². The van der Waals surface area contributed by atoms with Gasteiger partial charge < -0.3 is 15.4 Å². The lowest BCUT2D eigenvalue weighted by atomic mass is 10.2. The van der Waals surface area contributed by atoms with Crippen molar-refractivity contribution in [2.24, 2.45) is 0 Å². The molecule has 2 amide bonds. The number of aromatic nitrogens is 1. The largest absolute Gasteiger partial charge is 0.439 e. The fourth-order valence-corrected chi connectivity index (χ4v) is 2.77. The first kappa shape index (κ1) is 21.4. The molecule has 0 aliphatic carbocycles. The zero-order valence-corrected chi connectivity index (χ0v) is 17.5. The van der Waals surface area contributed by atoms with Crippen molar-refractivity contribution in [3.8, 4) is 11.6 Å². The van der Waals surface area contributed by atoms with Crippen molar-refractivity contribution in [1.82, 2.24) is 15.6 Å². The van der Waals surface area contributed by atoms with Gasteiger partial charge >= 0.3 is 0 Å². The van der Waals surface area contributed by atoms with Crippen molar-refractivity contribution < 1.29 is 18.7 Å². The fraction of sp³-hybridized carbons (Fsp3) is 0.136. The minimum atomic E-state index is -0.389. The Labute approximate surface area is 181 Å². The van der Waals surface area contributed by atoms with Crippen LogP contribution in [0.5, 0.6) is 11.6 Å². The maximum Gasteiger partial charge on any atom is 0.251 e. The molecule has 2 N–H and O–H groups in total. The molecule has 0 aliphatic rings. The second-order valence-corrected chi connectivity index (χ2v) is 7.27. The van der Waals surface area contributed by atoms with Crippen LogP contribution in [0.1, 0.15) is 22.3 Å². The first-order valence-electron chi connectivity index (χ1n) is 9.18. The molecule has 0 saturated carbocycles. The summed E-state index contributed by atoms with van der Waals surface area (Å²) in [4.78, 5) is 28.1. The molecule has 0 atom stereocenters. The van der Waals surface area contributed by atoms with E-state index in [0.717, 1.165) is 10.0 Å². The smallest absolute Gasteiger partial charge is 0.251 e. The van der Waals surface area contributed by atoms with E-state index in [1.54, 1.807) is 54.7 Å². The standard InChI is InChI=1S/C22H19BrFN3O3/c23-17-7-5-16(6-8-17)22(29)25-11-10-20(28)26-13-15-4-9-21(27-14-15)30-19-3-1-2-18(24)12-19/h1-9,12,14H,10-11,13H2,(H,25,29)(H,26,28). The van der Waals surface area contributed by atoms with Crippen LogP contribution in [-0.4, -0.2) is 23.3 Å². The summed E-state index contributed by atoms with van der Waals surface area (Å²) < 4.78 is 19.5. The van der Waals surface area contributed by atoms with Gasteiger partial charge in [0.2, 0.25) is 11.8 Å². The summed E-state index contributed by atoms with van der Waals surface area (Å²) in [5.74, 6) is -0.125. The van der Waals surface area contributed by atoms with Crippen molar-refractivity contribution >= 4 is 27.7 Å². The van der Waals surface area contributed by atoms with Crippen LogP contribution >= 0.6 is 15.9 Å². The number of hydrogen-bond acceptors (Lipinski definition) is 4. The highest BCUT2D eigenvalue weighted by molar-refractivity contribution is 9.10. The summed E-state index contributed by atoms with van der Waals surface area (Å²) in [5.41, 5.74) is 1.32. The average molecular weight is 472 g/mol. The van der Waals surface area contributed by atoms with Gasteiger partial charge in [-0.05, 0) is 42.0 Å². The number of carbonyl (C=O) groups excluding carboxylic acids is 2. The number of benzene rings is 2. The van der Waals surface area contributed by atoms with Gasteiger partial charge in [0.15, 0.2) is 0 Å². The molecule has 3 rings (SSSR count). The number of hydrogen-bond donors (Lipinski definition) is 2. The first-order valence-corrected chi connectivity index (χ1v) is 9.98. The van der Waals surface area contributed by atoms with Crippen LogP contribution in [0, 0.1) is 5.82 Å². The molecular formula is C22H19BrFN3O3. The van der Waals surface area contributed by atoms with E-state index in [-0.39, 0.29) is 30.6 Å². The Morgan fingerprint density at radius 3 is 2.53 bits per heavy atom. The van der Waals surface area contributed by atoms with E-state index in [9.17, 15) is 14.0 Å². The Kier molecular flexibility index (Phi) is 7.51. The lowest BCUT2D eigenvalue weighted by Crippen LogP contribution is -2.30. The van der Waals surface area contributed by atoms with Crippen LogP contribution in [0.25, 0.3) is 0 Å². The van der Waals surface area contributed by atoms with Crippen molar-refractivity contribution in [3.63, 3.8) is 0 Å². The Morgan fingerprint density at radius 1 is 1.03 bits per heavy atom. The van der Waals surface area contributed by atoms with E-state index in [1.165, 1.54) is 12.1 Å². The molecule has 8 heteroatoms. The van der Waals surface area contributed by atoms with Gasteiger partial charge in [-0.15, -0.1) is 0 Å². The molecule has 6 nitrogen and oxygen atoms in total. The molecule has 0 saturated heterocycles. The van der Waals surface area contributed by atoms with Crippen LogP contribution in [0.4, 0.5) is 4.39 Å². The highest BCUT2D eigenvalue weighted by atomic mass is 79.9. The molecular weight excluding hydrogens is 453 g/mol. The number of halogens is 2. The van der Waals surface area contributed by atoms with Crippen molar-refractivity contribution in [2.45, 2.75) is 13.0 Å². The molecule has 3 aromatic rings. The number of pyridine rings is 1. The zero-order valence-electron chi connectivity index (χ0n) is 15.9. The van der Waals surface area contributed by atoms with Gasteiger partial charge in [0.1, 0.15) is 11.6 Å². The Bertz CT molecular complexity index is 1010. The summed E-state index contributed by atoms with van der Waals surface area (Å²) >= 11 is 3.31. The molecule has 2 aromatic carbocycles. The maximum atomic E-state index is 13.2. The lowest BCUT2D eigenvalue weighted by molar-refractivity contribution is -0.121. The van der Waals surface area contributed by atoms with Crippen LogP contribution in [0.2, 0.25) is 0 Å². The number of nitrogens with zero attached hydrogens (tertiary/aromatic N) is 1. The first-order chi connectivity index (χ1) is 14.5. The summed E-state index contributed by atoms with van der Waals surface area (Å²) in [6.45, 7) is 0.534. The molecule has 0 fully saturated rings. The molecule has 0 radical (unpaired) electrons. The van der Waals surface area contributed by atoms with Crippen LogP contribution < -0.4 is 15.4 Å². The van der Waals surface area contributed by atoms with E-state index < -0.39 is 0 Å². The van der Waals surface area contributed by atoms with Crippen molar-refractivity contribution in [2.75, 3.05) is 6.54 Å². The molecule has 0 spiro atoms. The minimum Gasteiger partial charge on any atom is -0.439 e. The summed E-state index contributed by atoms with van der Waals surface area (Å²) in [6, 6.07) is 16.2. The number of amides is 2. The quantitative estimate of drug-likeness (QED) is 0.515. The van der Waals surface area contributed by atoms with Crippen LogP contribution in [0.15, 0.2) is 71.3 Å². The molecule has 1 heterocycles. The van der Waals surface area contributed by atoms with Gasteiger partial charge in [-0.1, -0.05) is 28.1 Å². The molecule has 0 bridgehead atoms. The second kappa shape index (κ2) is 10.5. The number of rotatable bonds is 8. The normalized spacial score (nSPS) is 10.3. The SMILES string of the molecule is O=C(CCNC(=O)c1ccc(Br)cc1)NCc1ccc(Oc2cccc(F)c2)nc1. The molecule has 1 aromatic heterocycles. The fourth-order valence-electron chi connectivity index (χ4n) is 2.51. The summed E-state index contributed by atoms with van der Waals surface area (Å²) in [7, 11) is 0. The highest BCUT2D eigenvalue weighted by Gasteiger charge is 2.07. The van der Waals surface area contributed by atoms with E-state index in [1.807, 2.05) is 0 Å². The molecule has 0 aliphatic heterocycles. The third-order valence-electron chi connectivity index (χ3n) is 4.05. The summed E-state index contributed by atoms with van der Waals surface area (Å²) in [6.07, 6.45) is 1.74. The Hall–Kier alpha value is -3.26. The average Bonchev–Trinajstić information content (AvgIpc) is 2.74. The number of ether oxygens (including phenoxy) is 1. The van der Waals surface area contributed by atoms with Crippen LogP contribution in [0.3, 0.4) is 0 Å². The second-order valence-electron chi connectivity index (χ2n) is 6.35. The lowest BCUT2D eigenvalue weighted by Gasteiger charge is -2.08. The highest BCUT2D eigenvalue weighted by Crippen LogP contribution is 2.20. The van der Waals surface area contributed by atoms with Crippen LogP contribution in [-0.2, 0) is 11.3 Å². The number of nitrogens with one attached hydrogen (secondary N) is 2. The third-order valence-corrected chi connectivity index (χ3v) is 4.58. The van der Waals surface area contributed by atoms with Crippen molar-refractivity contribution in [1.29, 1.82) is 0 Å². The third kappa shape index (κ3) is 6.66. The molecule has 154 valence electrons. The predicted molar refractivity (Wildman–Crippen MR) is 114 cm³/mol. The molecule has 30 heavy (non-hydrogen) atoms. The van der Waals surface area contributed by atoms with Crippen molar-refractivity contribution in [3.05, 3.63) is 88.3 Å². The molecule has 0 unspecified atom stereocenters. The van der Waals surface area contributed by atoms with E-state index in [2.05, 4.69) is 31.5 Å². The summed E-state index contributed by atoms with van der Waals surface area (Å²) in [5, 5.41) is 5.48. The maximum absolute atomic E-state index is 13.2. The van der Waals surface area contributed by atoms with Gasteiger partial charge in [0.25, 0.3) is 5.91 Å². The van der Waals surface area contributed by atoms with Gasteiger partial charge in [-0.2, -0.15) is 0 Å².